The number of anilines is 1. The van der Waals surface area contributed by atoms with E-state index in [4.69, 9.17) is 4.74 Å². The molecule has 1 aliphatic carbocycles. The lowest BCUT2D eigenvalue weighted by Crippen LogP contribution is -2.59. The first-order valence-corrected chi connectivity index (χ1v) is 7.10. The SMILES string of the molecule is CCOC1CC(Nc2nnc(C)s2)C1(C)CC. The van der Waals surface area contributed by atoms with Gasteiger partial charge in [-0.15, -0.1) is 10.2 Å². The molecule has 1 heterocycles. The zero-order valence-electron chi connectivity index (χ0n) is 11.0. The molecule has 1 aliphatic rings. The minimum Gasteiger partial charge on any atom is -0.378 e. The molecule has 1 fully saturated rings. The molecule has 1 saturated carbocycles. The highest BCUT2D eigenvalue weighted by molar-refractivity contribution is 7.15. The summed E-state index contributed by atoms with van der Waals surface area (Å²) < 4.78 is 5.78. The first-order chi connectivity index (χ1) is 8.10. The zero-order valence-corrected chi connectivity index (χ0v) is 11.8. The molecule has 0 aliphatic heterocycles. The number of aromatic nitrogens is 2. The van der Waals surface area contributed by atoms with E-state index in [0.717, 1.165) is 29.6 Å². The summed E-state index contributed by atoms with van der Waals surface area (Å²) in [5, 5.41) is 13.6. The third kappa shape index (κ3) is 2.31. The maximum absolute atomic E-state index is 5.78. The highest BCUT2D eigenvalue weighted by Crippen LogP contribution is 2.47. The zero-order chi connectivity index (χ0) is 12.5. The maximum Gasteiger partial charge on any atom is 0.205 e. The Kier molecular flexibility index (Phi) is 3.68. The molecule has 0 saturated heterocycles. The van der Waals surface area contributed by atoms with Gasteiger partial charge >= 0.3 is 0 Å². The molecular formula is C12H21N3OS. The van der Waals surface area contributed by atoms with Crippen molar-refractivity contribution in [2.75, 3.05) is 11.9 Å². The van der Waals surface area contributed by atoms with E-state index in [-0.39, 0.29) is 5.41 Å². The van der Waals surface area contributed by atoms with Gasteiger partial charge in [-0.25, -0.2) is 0 Å². The largest absolute Gasteiger partial charge is 0.378 e. The Morgan fingerprint density at radius 3 is 2.76 bits per heavy atom. The Labute approximate surface area is 107 Å². The summed E-state index contributed by atoms with van der Waals surface area (Å²) in [7, 11) is 0. The molecule has 5 heteroatoms. The van der Waals surface area contributed by atoms with Gasteiger partial charge in [-0.05, 0) is 26.7 Å². The van der Waals surface area contributed by atoms with Gasteiger partial charge < -0.3 is 10.1 Å². The van der Waals surface area contributed by atoms with Crippen LogP contribution in [0.5, 0.6) is 0 Å². The van der Waals surface area contributed by atoms with Crippen molar-refractivity contribution in [2.24, 2.45) is 5.41 Å². The first-order valence-electron chi connectivity index (χ1n) is 6.28. The van der Waals surface area contributed by atoms with Gasteiger partial charge in [0.25, 0.3) is 0 Å². The van der Waals surface area contributed by atoms with Crippen LogP contribution in [0, 0.1) is 12.3 Å². The Hall–Kier alpha value is -0.680. The normalized spacial score (nSPS) is 32.2. The molecule has 0 bridgehead atoms. The summed E-state index contributed by atoms with van der Waals surface area (Å²) in [6.07, 6.45) is 2.56. The van der Waals surface area contributed by atoms with Gasteiger partial charge in [0.1, 0.15) is 5.01 Å². The van der Waals surface area contributed by atoms with Crippen molar-refractivity contribution in [1.82, 2.24) is 10.2 Å². The smallest absolute Gasteiger partial charge is 0.205 e. The van der Waals surface area contributed by atoms with E-state index in [2.05, 4.69) is 36.3 Å². The molecule has 4 nitrogen and oxygen atoms in total. The van der Waals surface area contributed by atoms with E-state index in [1.165, 1.54) is 0 Å². The quantitative estimate of drug-likeness (QED) is 0.879. The lowest BCUT2D eigenvalue weighted by molar-refractivity contribution is -0.109. The molecular weight excluding hydrogens is 234 g/mol. The van der Waals surface area contributed by atoms with Crippen LogP contribution in [0.1, 0.15) is 38.6 Å². The highest BCUT2D eigenvalue weighted by atomic mass is 32.1. The Bertz CT molecular complexity index is 382. The molecule has 2 rings (SSSR count). The van der Waals surface area contributed by atoms with E-state index >= 15 is 0 Å². The first kappa shape index (κ1) is 12.8. The van der Waals surface area contributed by atoms with E-state index in [1.54, 1.807) is 11.3 Å². The van der Waals surface area contributed by atoms with Gasteiger partial charge in [0.15, 0.2) is 0 Å². The number of hydrogen-bond acceptors (Lipinski definition) is 5. The number of hydrogen-bond donors (Lipinski definition) is 1. The van der Waals surface area contributed by atoms with Gasteiger partial charge in [-0.1, -0.05) is 25.2 Å². The van der Waals surface area contributed by atoms with Crippen LogP contribution in [0.3, 0.4) is 0 Å². The van der Waals surface area contributed by atoms with Crippen LogP contribution in [0.2, 0.25) is 0 Å². The van der Waals surface area contributed by atoms with E-state index < -0.39 is 0 Å². The molecule has 1 aromatic rings. The van der Waals surface area contributed by atoms with Crippen molar-refractivity contribution in [3.8, 4) is 0 Å². The van der Waals surface area contributed by atoms with Crippen molar-refractivity contribution in [3.63, 3.8) is 0 Å². The van der Waals surface area contributed by atoms with Gasteiger partial charge in [0.05, 0.1) is 6.10 Å². The third-order valence-corrected chi connectivity index (χ3v) is 4.70. The van der Waals surface area contributed by atoms with Crippen LogP contribution in [0.4, 0.5) is 5.13 Å². The molecule has 0 spiro atoms. The Balaban J connectivity index is 1.99. The average Bonchev–Trinajstić information content (AvgIpc) is 2.72. The van der Waals surface area contributed by atoms with Crippen molar-refractivity contribution < 1.29 is 4.74 Å². The van der Waals surface area contributed by atoms with Crippen molar-refractivity contribution in [3.05, 3.63) is 5.01 Å². The number of rotatable bonds is 5. The topological polar surface area (TPSA) is 47.0 Å². The number of nitrogens with one attached hydrogen (secondary N) is 1. The molecule has 3 unspecified atom stereocenters. The highest BCUT2D eigenvalue weighted by Gasteiger charge is 2.51. The minimum absolute atomic E-state index is 0.218. The lowest BCUT2D eigenvalue weighted by Gasteiger charge is -2.53. The van der Waals surface area contributed by atoms with Gasteiger partial charge in [-0.3, -0.25) is 0 Å². The molecule has 96 valence electrons. The second-order valence-electron chi connectivity index (χ2n) is 4.86. The van der Waals surface area contributed by atoms with E-state index in [1.807, 2.05) is 6.92 Å². The third-order valence-electron chi connectivity index (χ3n) is 3.93. The molecule has 1 N–H and O–H groups in total. The summed E-state index contributed by atoms with van der Waals surface area (Å²) in [4.78, 5) is 0. The van der Waals surface area contributed by atoms with Crippen LogP contribution >= 0.6 is 11.3 Å². The van der Waals surface area contributed by atoms with E-state index in [0.29, 0.717) is 12.1 Å². The van der Waals surface area contributed by atoms with Crippen LogP contribution in [0.15, 0.2) is 0 Å². The second-order valence-corrected chi connectivity index (χ2v) is 6.04. The molecule has 17 heavy (non-hydrogen) atoms. The van der Waals surface area contributed by atoms with Crippen LogP contribution in [-0.2, 0) is 4.74 Å². The summed E-state index contributed by atoms with van der Waals surface area (Å²) >= 11 is 1.62. The number of nitrogens with zero attached hydrogens (tertiary/aromatic N) is 2. The van der Waals surface area contributed by atoms with Crippen LogP contribution in [0.25, 0.3) is 0 Å². The fraction of sp³-hybridized carbons (Fsp3) is 0.833. The molecule has 1 aromatic heterocycles. The molecule has 0 amide bonds. The summed E-state index contributed by atoms with van der Waals surface area (Å²) in [5.74, 6) is 0. The molecule has 3 atom stereocenters. The fourth-order valence-corrected chi connectivity index (χ4v) is 3.12. The molecule has 0 aromatic carbocycles. The predicted octanol–water partition coefficient (Wildman–Crippen LogP) is 2.85. The van der Waals surface area contributed by atoms with Gasteiger partial charge in [0, 0.05) is 18.1 Å². The predicted molar refractivity (Wildman–Crippen MR) is 70.5 cm³/mol. The van der Waals surface area contributed by atoms with Crippen LogP contribution < -0.4 is 5.32 Å². The maximum atomic E-state index is 5.78. The summed E-state index contributed by atoms with van der Waals surface area (Å²) in [6.45, 7) is 9.36. The van der Waals surface area contributed by atoms with Gasteiger partial charge in [0.2, 0.25) is 5.13 Å². The van der Waals surface area contributed by atoms with Crippen molar-refractivity contribution in [1.29, 1.82) is 0 Å². The van der Waals surface area contributed by atoms with Crippen LogP contribution in [-0.4, -0.2) is 29.0 Å². The second kappa shape index (κ2) is 4.90. The summed E-state index contributed by atoms with van der Waals surface area (Å²) in [6, 6.07) is 0.455. The van der Waals surface area contributed by atoms with E-state index in [9.17, 15) is 0 Å². The lowest BCUT2D eigenvalue weighted by atomic mass is 9.61. The van der Waals surface area contributed by atoms with Gasteiger partial charge in [-0.2, -0.15) is 0 Å². The minimum atomic E-state index is 0.218. The fourth-order valence-electron chi connectivity index (χ4n) is 2.48. The molecule has 0 radical (unpaired) electrons. The Morgan fingerprint density at radius 1 is 1.47 bits per heavy atom. The standard InChI is InChI=1S/C12H21N3OS/c1-5-12(4)9(7-10(12)16-6-2)13-11-15-14-8(3)17-11/h9-10H,5-7H2,1-4H3,(H,13,15). The average molecular weight is 255 g/mol. The summed E-state index contributed by atoms with van der Waals surface area (Å²) in [5.41, 5.74) is 0.218. The number of ether oxygens (including phenoxy) is 1. The Morgan fingerprint density at radius 2 is 2.24 bits per heavy atom. The number of aryl methyl sites for hydroxylation is 1. The van der Waals surface area contributed by atoms with Crippen molar-refractivity contribution >= 4 is 16.5 Å². The monoisotopic (exact) mass is 255 g/mol. The van der Waals surface area contributed by atoms with Crippen molar-refractivity contribution in [2.45, 2.75) is 52.7 Å².